The highest BCUT2D eigenvalue weighted by Crippen LogP contribution is 2.26. The van der Waals surface area contributed by atoms with Crippen LogP contribution >= 0.6 is 11.8 Å². The van der Waals surface area contributed by atoms with Crippen LogP contribution in [0, 0.1) is 0 Å². The van der Waals surface area contributed by atoms with Crippen LogP contribution in [0.15, 0.2) is 15.7 Å². The molecule has 0 amide bonds. The first kappa shape index (κ1) is 14.6. The topological polar surface area (TPSA) is 68.8 Å². The first-order chi connectivity index (χ1) is 10.3. The Morgan fingerprint density at radius 2 is 2.38 bits per heavy atom. The van der Waals surface area contributed by atoms with Gasteiger partial charge in [0, 0.05) is 25.6 Å². The van der Waals surface area contributed by atoms with E-state index >= 15 is 0 Å². The summed E-state index contributed by atoms with van der Waals surface area (Å²) in [5.41, 5.74) is 0.998. The number of thioether (sulfide) groups is 1. The lowest BCUT2D eigenvalue weighted by molar-refractivity contribution is 0.389. The van der Waals surface area contributed by atoms with Crippen molar-refractivity contribution in [3.05, 3.63) is 23.3 Å². The van der Waals surface area contributed by atoms with Crippen LogP contribution in [0.2, 0.25) is 0 Å². The quantitative estimate of drug-likeness (QED) is 0.853. The second-order valence-corrected chi connectivity index (χ2v) is 6.31. The average Bonchev–Trinajstić information content (AvgIpc) is 3.13. The Bertz CT molecular complexity index is 588. The zero-order chi connectivity index (χ0) is 14.7. The van der Waals surface area contributed by atoms with E-state index in [2.05, 4.69) is 32.2 Å². The second-order valence-electron chi connectivity index (χ2n) is 5.37. The number of nitrogens with one attached hydrogen (secondary N) is 1. The van der Waals surface area contributed by atoms with Gasteiger partial charge in [-0.3, -0.25) is 0 Å². The van der Waals surface area contributed by atoms with Crippen LogP contribution < -0.4 is 5.32 Å². The lowest BCUT2D eigenvalue weighted by Gasteiger charge is -2.21. The highest BCUT2D eigenvalue weighted by Gasteiger charge is 2.21. The molecular formula is C14H21N5OS. The molecule has 0 saturated carbocycles. The zero-order valence-electron chi connectivity index (χ0n) is 12.5. The fraction of sp³-hybridized carbons (Fsp3) is 0.643. The van der Waals surface area contributed by atoms with E-state index in [0.29, 0.717) is 5.92 Å². The van der Waals surface area contributed by atoms with E-state index < -0.39 is 0 Å². The molecule has 2 aromatic heterocycles. The Balaban J connectivity index is 1.64. The normalized spacial score (nSPS) is 19.0. The predicted molar refractivity (Wildman–Crippen MR) is 81.3 cm³/mol. The Morgan fingerprint density at radius 3 is 3.10 bits per heavy atom. The van der Waals surface area contributed by atoms with Gasteiger partial charge in [0.05, 0.1) is 11.4 Å². The van der Waals surface area contributed by atoms with Crippen molar-refractivity contribution < 1.29 is 4.52 Å². The Kier molecular flexibility index (Phi) is 4.60. The third kappa shape index (κ3) is 3.29. The largest absolute Gasteiger partial charge is 0.360 e. The molecule has 3 rings (SSSR count). The van der Waals surface area contributed by atoms with Crippen LogP contribution in [0.25, 0.3) is 0 Å². The van der Waals surface area contributed by atoms with Crippen molar-refractivity contribution in [1.29, 1.82) is 0 Å². The minimum absolute atomic E-state index is 0.475. The van der Waals surface area contributed by atoms with Gasteiger partial charge in [-0.2, -0.15) is 0 Å². The molecule has 21 heavy (non-hydrogen) atoms. The van der Waals surface area contributed by atoms with Crippen molar-refractivity contribution in [1.82, 2.24) is 25.2 Å². The number of aromatic nitrogens is 4. The van der Waals surface area contributed by atoms with Gasteiger partial charge in [-0.05, 0) is 25.8 Å². The summed E-state index contributed by atoms with van der Waals surface area (Å²) in [7, 11) is 2.05. The van der Waals surface area contributed by atoms with Crippen molar-refractivity contribution in [3.63, 3.8) is 0 Å². The molecule has 0 aliphatic carbocycles. The monoisotopic (exact) mass is 307 g/mol. The molecule has 0 spiro atoms. The molecule has 6 nitrogen and oxygen atoms in total. The van der Waals surface area contributed by atoms with Crippen molar-refractivity contribution in [2.75, 3.05) is 13.1 Å². The molecule has 0 aromatic carbocycles. The second kappa shape index (κ2) is 6.62. The van der Waals surface area contributed by atoms with Gasteiger partial charge < -0.3 is 14.4 Å². The van der Waals surface area contributed by atoms with Gasteiger partial charge >= 0.3 is 0 Å². The molecule has 0 radical (unpaired) electrons. The molecule has 7 heteroatoms. The van der Waals surface area contributed by atoms with E-state index in [0.717, 1.165) is 47.7 Å². The van der Waals surface area contributed by atoms with E-state index in [1.54, 1.807) is 11.8 Å². The maximum atomic E-state index is 5.30. The van der Waals surface area contributed by atoms with Crippen molar-refractivity contribution in [2.24, 2.45) is 7.05 Å². The summed E-state index contributed by atoms with van der Waals surface area (Å²) in [4.78, 5) is 0. The Labute approximate surface area is 128 Å². The average molecular weight is 307 g/mol. The number of hydrogen-bond donors (Lipinski definition) is 1. The minimum atomic E-state index is 0.475. The highest BCUT2D eigenvalue weighted by molar-refractivity contribution is 7.98. The number of aryl methyl sites for hydroxylation is 1. The van der Waals surface area contributed by atoms with Gasteiger partial charge in [0.15, 0.2) is 5.16 Å². The Morgan fingerprint density at radius 1 is 1.48 bits per heavy atom. The lowest BCUT2D eigenvalue weighted by Crippen LogP contribution is -2.29. The summed E-state index contributed by atoms with van der Waals surface area (Å²) in [5.74, 6) is 3.18. The number of piperidine rings is 1. The van der Waals surface area contributed by atoms with Crippen LogP contribution in [0.4, 0.5) is 0 Å². The maximum absolute atomic E-state index is 5.30. The lowest BCUT2D eigenvalue weighted by atomic mass is 9.99. The first-order valence-electron chi connectivity index (χ1n) is 7.45. The molecule has 1 saturated heterocycles. The Hall–Kier alpha value is -1.34. The van der Waals surface area contributed by atoms with E-state index in [1.165, 1.54) is 12.8 Å². The van der Waals surface area contributed by atoms with Crippen molar-refractivity contribution in [2.45, 2.75) is 43.0 Å². The summed E-state index contributed by atoms with van der Waals surface area (Å²) >= 11 is 1.64. The smallest absolute Gasteiger partial charge is 0.191 e. The summed E-state index contributed by atoms with van der Waals surface area (Å²) < 4.78 is 7.41. The molecule has 1 fully saturated rings. The SMILES string of the molecule is CCc1cc(CSc2nnc([C@H]3CCCNC3)n2C)on1. The van der Waals surface area contributed by atoms with Crippen LogP contribution in [-0.4, -0.2) is 33.0 Å². The third-order valence-corrected chi connectivity index (χ3v) is 4.89. The third-order valence-electron chi connectivity index (χ3n) is 3.84. The van der Waals surface area contributed by atoms with E-state index in [1.807, 2.05) is 13.1 Å². The molecule has 0 bridgehead atoms. The van der Waals surface area contributed by atoms with Gasteiger partial charge in [-0.1, -0.05) is 23.8 Å². The van der Waals surface area contributed by atoms with Gasteiger partial charge in [-0.25, -0.2) is 0 Å². The highest BCUT2D eigenvalue weighted by atomic mass is 32.2. The first-order valence-corrected chi connectivity index (χ1v) is 8.43. The van der Waals surface area contributed by atoms with E-state index in [9.17, 15) is 0 Å². The molecular weight excluding hydrogens is 286 g/mol. The summed E-state index contributed by atoms with van der Waals surface area (Å²) in [6.07, 6.45) is 3.29. The summed E-state index contributed by atoms with van der Waals surface area (Å²) in [6, 6.07) is 2.01. The van der Waals surface area contributed by atoms with E-state index in [4.69, 9.17) is 4.52 Å². The molecule has 1 atom stereocenters. The van der Waals surface area contributed by atoms with Crippen molar-refractivity contribution >= 4 is 11.8 Å². The van der Waals surface area contributed by atoms with Gasteiger partial charge in [0.25, 0.3) is 0 Å². The number of hydrogen-bond acceptors (Lipinski definition) is 6. The molecule has 1 aliphatic heterocycles. The van der Waals surface area contributed by atoms with Crippen LogP contribution in [0.5, 0.6) is 0 Å². The standard InChI is InChI=1S/C14H21N5OS/c1-3-11-7-12(20-18-11)9-21-14-17-16-13(19(14)2)10-5-4-6-15-8-10/h7,10,15H,3-6,8-9H2,1-2H3/t10-/m0/s1. The molecule has 0 unspecified atom stereocenters. The number of rotatable bonds is 5. The molecule has 1 N–H and O–H groups in total. The van der Waals surface area contributed by atoms with Crippen molar-refractivity contribution in [3.8, 4) is 0 Å². The van der Waals surface area contributed by atoms with Gasteiger partial charge in [-0.15, -0.1) is 10.2 Å². The van der Waals surface area contributed by atoms with Crippen LogP contribution in [-0.2, 0) is 19.2 Å². The number of nitrogens with zero attached hydrogens (tertiary/aromatic N) is 4. The molecule has 1 aliphatic rings. The molecule has 2 aromatic rings. The molecule has 3 heterocycles. The van der Waals surface area contributed by atoms with Crippen LogP contribution in [0.3, 0.4) is 0 Å². The maximum Gasteiger partial charge on any atom is 0.191 e. The molecule has 114 valence electrons. The zero-order valence-corrected chi connectivity index (χ0v) is 13.3. The minimum Gasteiger partial charge on any atom is -0.360 e. The van der Waals surface area contributed by atoms with Gasteiger partial charge in [0.1, 0.15) is 11.6 Å². The summed E-state index contributed by atoms with van der Waals surface area (Å²) in [5, 5.41) is 17.1. The fourth-order valence-corrected chi connectivity index (χ4v) is 3.40. The fourth-order valence-electron chi connectivity index (χ4n) is 2.61. The van der Waals surface area contributed by atoms with Gasteiger partial charge in [0.2, 0.25) is 0 Å². The van der Waals surface area contributed by atoms with Crippen LogP contribution in [0.1, 0.15) is 43.0 Å². The van der Waals surface area contributed by atoms with E-state index in [-0.39, 0.29) is 0 Å². The predicted octanol–water partition coefficient (Wildman–Crippen LogP) is 2.12. The summed E-state index contributed by atoms with van der Waals surface area (Å²) in [6.45, 7) is 4.18.